The largest absolute Gasteiger partial charge is 0.310 e. The van der Waals surface area contributed by atoms with Crippen molar-refractivity contribution in [1.29, 1.82) is 0 Å². The van der Waals surface area contributed by atoms with Gasteiger partial charge < -0.3 is 9.47 Å². The van der Waals surface area contributed by atoms with Crippen LogP contribution in [0.25, 0.3) is 81.0 Å². The number of aromatic nitrogens is 1. The molecule has 0 saturated carbocycles. The van der Waals surface area contributed by atoms with Gasteiger partial charge in [0.1, 0.15) is 0 Å². The topological polar surface area (TPSA) is 8.17 Å². The third kappa shape index (κ3) is 5.88. The molecule has 2 nitrogen and oxygen atoms in total. The molecule has 0 aliphatic rings. The van der Waals surface area contributed by atoms with E-state index in [0.29, 0.717) is 0 Å². The average Bonchev–Trinajstić information content (AvgIpc) is 3.83. The van der Waals surface area contributed by atoms with Crippen molar-refractivity contribution in [3.05, 3.63) is 218 Å². The standard InChI is InChI=1S/C54H36N2S/c1-3-13-37(14-4-1)40-33-41(38-15-5-2-6-16-38)35-42(34-40)39-23-25-43(26-24-39)55(46-31-32-54-50(36-46)49-19-9-12-22-53(49)57-54)44-27-29-45(30-28-44)56-51-20-10-7-17-47(51)48-18-8-11-21-52(48)56/h1-36H. The summed E-state index contributed by atoms with van der Waals surface area (Å²) < 4.78 is 4.98. The number of benzene rings is 9. The maximum absolute atomic E-state index is 2.39. The number of rotatable bonds is 7. The van der Waals surface area contributed by atoms with Crippen molar-refractivity contribution in [2.75, 3.05) is 4.90 Å². The molecule has 57 heavy (non-hydrogen) atoms. The molecule has 0 aliphatic heterocycles. The van der Waals surface area contributed by atoms with Crippen LogP contribution in [0.2, 0.25) is 0 Å². The second kappa shape index (κ2) is 13.8. The minimum Gasteiger partial charge on any atom is -0.310 e. The first kappa shape index (κ1) is 33.2. The van der Waals surface area contributed by atoms with Crippen molar-refractivity contribution >= 4 is 70.4 Å². The fourth-order valence-electron chi connectivity index (χ4n) is 8.44. The van der Waals surface area contributed by atoms with Crippen LogP contribution in [0.15, 0.2) is 218 Å². The number of fused-ring (bicyclic) bond motifs is 6. The zero-order valence-corrected chi connectivity index (χ0v) is 31.9. The van der Waals surface area contributed by atoms with Crippen molar-refractivity contribution in [3.8, 4) is 39.1 Å². The molecule has 0 spiro atoms. The van der Waals surface area contributed by atoms with Crippen molar-refractivity contribution < 1.29 is 0 Å². The van der Waals surface area contributed by atoms with Gasteiger partial charge in [0.25, 0.3) is 0 Å². The molecule has 11 aromatic rings. The molecular weight excluding hydrogens is 709 g/mol. The molecule has 2 aromatic heterocycles. The second-order valence-corrected chi connectivity index (χ2v) is 15.7. The zero-order valence-electron chi connectivity index (χ0n) is 31.1. The number of hydrogen-bond donors (Lipinski definition) is 0. The van der Waals surface area contributed by atoms with Gasteiger partial charge in [0.2, 0.25) is 0 Å². The van der Waals surface area contributed by atoms with Gasteiger partial charge in [-0.2, -0.15) is 0 Å². The minimum atomic E-state index is 1.10. The van der Waals surface area contributed by atoms with Crippen LogP contribution in [0.1, 0.15) is 0 Å². The molecule has 0 fully saturated rings. The van der Waals surface area contributed by atoms with Crippen LogP contribution in [0.5, 0.6) is 0 Å². The van der Waals surface area contributed by atoms with E-state index in [1.54, 1.807) is 0 Å². The lowest BCUT2D eigenvalue weighted by atomic mass is 9.93. The first-order valence-corrected chi connectivity index (χ1v) is 20.2. The third-order valence-corrected chi connectivity index (χ3v) is 12.3. The lowest BCUT2D eigenvalue weighted by Crippen LogP contribution is -2.10. The highest BCUT2D eigenvalue weighted by Crippen LogP contribution is 2.42. The quantitative estimate of drug-likeness (QED) is 0.158. The summed E-state index contributed by atoms with van der Waals surface area (Å²) >= 11 is 1.85. The number of para-hydroxylation sites is 2. The summed E-state index contributed by atoms with van der Waals surface area (Å²) in [5.74, 6) is 0. The minimum absolute atomic E-state index is 1.10. The Morgan fingerprint density at radius 1 is 0.298 bits per heavy atom. The Balaban J connectivity index is 1.04. The fourth-order valence-corrected chi connectivity index (χ4v) is 9.53. The van der Waals surface area contributed by atoms with Crippen molar-refractivity contribution in [1.82, 2.24) is 4.57 Å². The average molecular weight is 745 g/mol. The van der Waals surface area contributed by atoms with Crippen LogP contribution in [-0.4, -0.2) is 4.57 Å². The van der Waals surface area contributed by atoms with E-state index in [2.05, 4.69) is 228 Å². The zero-order chi connectivity index (χ0) is 37.7. The van der Waals surface area contributed by atoms with Gasteiger partial charge >= 0.3 is 0 Å². The van der Waals surface area contributed by atoms with Crippen LogP contribution < -0.4 is 4.90 Å². The summed E-state index contributed by atoms with van der Waals surface area (Å²) in [6, 6.07) is 79.4. The van der Waals surface area contributed by atoms with Gasteiger partial charge in [-0.25, -0.2) is 0 Å². The van der Waals surface area contributed by atoms with Gasteiger partial charge in [0, 0.05) is 53.7 Å². The van der Waals surface area contributed by atoms with E-state index in [0.717, 1.165) is 22.7 Å². The van der Waals surface area contributed by atoms with Gasteiger partial charge in [-0.15, -0.1) is 11.3 Å². The van der Waals surface area contributed by atoms with E-state index >= 15 is 0 Å². The number of nitrogens with zero attached hydrogens (tertiary/aromatic N) is 2. The lowest BCUT2D eigenvalue weighted by molar-refractivity contribution is 1.17. The van der Waals surface area contributed by atoms with E-state index in [9.17, 15) is 0 Å². The highest BCUT2D eigenvalue weighted by atomic mass is 32.1. The van der Waals surface area contributed by atoms with E-state index in [-0.39, 0.29) is 0 Å². The Morgan fingerprint density at radius 3 is 1.32 bits per heavy atom. The van der Waals surface area contributed by atoms with E-state index in [4.69, 9.17) is 0 Å². The molecule has 0 amide bonds. The predicted molar refractivity (Wildman–Crippen MR) is 245 cm³/mol. The normalized spacial score (nSPS) is 11.5. The SMILES string of the molecule is c1ccc(-c2cc(-c3ccccc3)cc(-c3ccc(N(c4ccc(-n5c6ccccc6c6ccccc65)cc4)c4ccc5sc6ccccc6c5c4)cc3)c2)cc1. The Labute approximate surface area is 335 Å². The van der Waals surface area contributed by atoms with Gasteiger partial charge in [0.05, 0.1) is 11.0 Å². The molecule has 0 atom stereocenters. The summed E-state index contributed by atoms with van der Waals surface area (Å²) in [6.07, 6.45) is 0. The van der Waals surface area contributed by atoms with Crippen LogP contribution in [-0.2, 0) is 0 Å². The number of anilines is 3. The highest BCUT2D eigenvalue weighted by Gasteiger charge is 2.17. The smallest absolute Gasteiger partial charge is 0.0541 e. The monoisotopic (exact) mass is 744 g/mol. The Kier molecular flexibility index (Phi) is 8.04. The summed E-state index contributed by atoms with van der Waals surface area (Å²) in [7, 11) is 0. The first-order chi connectivity index (χ1) is 28.2. The Hall–Kier alpha value is -7.20. The molecule has 2 heterocycles. The number of thiophene rings is 1. The third-order valence-electron chi connectivity index (χ3n) is 11.2. The summed E-state index contributed by atoms with van der Waals surface area (Å²) in [4.78, 5) is 2.39. The van der Waals surface area contributed by atoms with Gasteiger partial charge in [-0.3, -0.25) is 0 Å². The Morgan fingerprint density at radius 2 is 0.737 bits per heavy atom. The van der Waals surface area contributed by atoms with Gasteiger partial charge in [-0.1, -0.05) is 127 Å². The molecule has 268 valence electrons. The molecule has 3 heteroatoms. The van der Waals surface area contributed by atoms with Gasteiger partial charge in [-0.05, 0) is 124 Å². The molecule has 9 aromatic carbocycles. The summed E-state index contributed by atoms with van der Waals surface area (Å²) in [5.41, 5.74) is 14.1. The van der Waals surface area contributed by atoms with Crippen molar-refractivity contribution in [2.45, 2.75) is 0 Å². The molecule has 0 radical (unpaired) electrons. The molecule has 0 aliphatic carbocycles. The predicted octanol–water partition coefficient (Wildman–Crippen LogP) is 15.6. The molecule has 0 unspecified atom stereocenters. The van der Waals surface area contributed by atoms with E-state index in [1.165, 1.54) is 75.4 Å². The summed E-state index contributed by atoms with van der Waals surface area (Å²) in [5, 5.41) is 5.10. The fraction of sp³-hybridized carbons (Fsp3) is 0. The summed E-state index contributed by atoms with van der Waals surface area (Å²) in [6.45, 7) is 0. The van der Waals surface area contributed by atoms with E-state index in [1.807, 2.05) is 11.3 Å². The van der Waals surface area contributed by atoms with Gasteiger partial charge in [0.15, 0.2) is 0 Å². The van der Waals surface area contributed by atoms with Crippen LogP contribution in [0.3, 0.4) is 0 Å². The first-order valence-electron chi connectivity index (χ1n) is 19.4. The molecule has 0 saturated heterocycles. The molecule has 0 N–H and O–H groups in total. The van der Waals surface area contributed by atoms with Crippen LogP contribution in [0.4, 0.5) is 17.1 Å². The molecular formula is C54H36N2S. The van der Waals surface area contributed by atoms with Crippen LogP contribution >= 0.6 is 11.3 Å². The molecule has 0 bridgehead atoms. The maximum atomic E-state index is 2.39. The number of hydrogen-bond acceptors (Lipinski definition) is 2. The maximum Gasteiger partial charge on any atom is 0.0541 e. The molecule has 11 rings (SSSR count). The highest BCUT2D eigenvalue weighted by molar-refractivity contribution is 7.25. The second-order valence-electron chi connectivity index (χ2n) is 14.6. The van der Waals surface area contributed by atoms with Crippen molar-refractivity contribution in [2.24, 2.45) is 0 Å². The van der Waals surface area contributed by atoms with Crippen molar-refractivity contribution in [3.63, 3.8) is 0 Å². The lowest BCUT2D eigenvalue weighted by Gasteiger charge is -2.26. The Bertz CT molecular complexity index is 3100. The van der Waals surface area contributed by atoms with Crippen LogP contribution in [0, 0.1) is 0 Å². The van der Waals surface area contributed by atoms with E-state index < -0.39 is 0 Å².